The van der Waals surface area contributed by atoms with Crippen LogP contribution in [-0.4, -0.2) is 57.4 Å². The van der Waals surface area contributed by atoms with Gasteiger partial charge in [0.2, 0.25) is 5.91 Å². The molecule has 0 saturated heterocycles. The molecule has 0 aliphatic carbocycles. The van der Waals surface area contributed by atoms with E-state index in [1.165, 1.54) is 0 Å². The number of hydroxylamine groups is 2. The van der Waals surface area contributed by atoms with Crippen molar-refractivity contribution in [2.75, 3.05) is 6.54 Å². The summed E-state index contributed by atoms with van der Waals surface area (Å²) in [5.41, 5.74) is 8.08. The average molecular weight is 449 g/mol. The molecule has 0 heterocycles. The first-order chi connectivity index (χ1) is 14.8. The number of nitrogens with zero attached hydrogens (tertiary/aromatic N) is 2. The number of nitrogens with two attached hydrogens (primary N) is 1. The van der Waals surface area contributed by atoms with Crippen LogP contribution >= 0.6 is 0 Å². The first-order valence-corrected chi connectivity index (χ1v) is 10.6. The Morgan fingerprint density at radius 2 is 1.78 bits per heavy atom. The van der Waals surface area contributed by atoms with Gasteiger partial charge in [-0.15, -0.1) is 0 Å². The van der Waals surface area contributed by atoms with Gasteiger partial charge in [0.05, 0.1) is 12.5 Å². The van der Waals surface area contributed by atoms with Crippen LogP contribution in [0.3, 0.4) is 0 Å². The molecule has 0 saturated carbocycles. The van der Waals surface area contributed by atoms with Crippen molar-refractivity contribution in [3.63, 3.8) is 0 Å². The van der Waals surface area contributed by atoms with E-state index in [1.54, 1.807) is 25.8 Å². The lowest BCUT2D eigenvalue weighted by atomic mass is 10.0. The second-order valence-corrected chi connectivity index (χ2v) is 8.93. The third kappa shape index (κ3) is 9.93. The van der Waals surface area contributed by atoms with Crippen molar-refractivity contribution in [3.05, 3.63) is 48.0 Å². The molecular weight excluding hydrogens is 412 g/mol. The van der Waals surface area contributed by atoms with Gasteiger partial charge in [-0.2, -0.15) is 0 Å². The molecule has 0 bridgehead atoms. The first-order valence-electron chi connectivity index (χ1n) is 10.6. The van der Waals surface area contributed by atoms with Crippen LogP contribution < -0.4 is 11.2 Å². The standard InChI is InChI=1S/C23H36N4O5/c1-16(2)26(25-22(30)32-23(4,5)6)15-19(13-12-18-10-8-7-9-11-18)27(31)21(29)17(3)14-20(24)28/h7-11,16,19,31H,3,12-15H2,1-2,4-6H3,(H2,24,28)(H,25,30). The van der Waals surface area contributed by atoms with Crippen LogP contribution in [0.2, 0.25) is 0 Å². The van der Waals surface area contributed by atoms with Crippen molar-refractivity contribution in [3.8, 4) is 0 Å². The van der Waals surface area contributed by atoms with Crippen LogP contribution in [0.15, 0.2) is 42.5 Å². The van der Waals surface area contributed by atoms with Gasteiger partial charge in [0.25, 0.3) is 5.91 Å². The van der Waals surface area contributed by atoms with Crippen LogP contribution in [0.4, 0.5) is 4.79 Å². The molecule has 9 heteroatoms. The Morgan fingerprint density at radius 1 is 1.19 bits per heavy atom. The second kappa shape index (κ2) is 12.2. The zero-order valence-electron chi connectivity index (χ0n) is 19.6. The molecule has 0 aliphatic rings. The molecule has 1 unspecified atom stereocenters. The molecule has 3 amide bonds. The van der Waals surface area contributed by atoms with Crippen LogP contribution in [0.1, 0.15) is 53.0 Å². The molecule has 0 radical (unpaired) electrons. The van der Waals surface area contributed by atoms with E-state index in [0.29, 0.717) is 17.9 Å². The molecule has 0 aromatic heterocycles. The minimum Gasteiger partial charge on any atom is -0.443 e. The van der Waals surface area contributed by atoms with Crippen molar-refractivity contribution < 1.29 is 24.3 Å². The minimum absolute atomic E-state index is 0.110. The molecule has 1 aromatic rings. The number of primary amides is 1. The zero-order chi connectivity index (χ0) is 24.5. The smallest absolute Gasteiger partial charge is 0.422 e. The number of carbonyl (C=O) groups excluding carboxylic acids is 3. The molecule has 1 aromatic carbocycles. The fourth-order valence-electron chi connectivity index (χ4n) is 2.91. The molecule has 4 N–H and O–H groups in total. The molecule has 9 nitrogen and oxygen atoms in total. The molecular formula is C23H36N4O5. The molecule has 0 fully saturated rings. The SMILES string of the molecule is C=C(CC(N)=O)C(=O)N(O)C(CCc1ccccc1)CN(NC(=O)OC(C)(C)C)C(C)C. The molecule has 0 spiro atoms. The van der Waals surface area contributed by atoms with Gasteiger partial charge in [-0.25, -0.2) is 14.9 Å². The maximum absolute atomic E-state index is 12.6. The Hall–Kier alpha value is -2.91. The minimum atomic E-state index is -0.789. The summed E-state index contributed by atoms with van der Waals surface area (Å²) in [6.45, 7) is 12.7. The lowest BCUT2D eigenvalue weighted by Crippen LogP contribution is -2.54. The van der Waals surface area contributed by atoms with E-state index in [2.05, 4.69) is 12.0 Å². The largest absolute Gasteiger partial charge is 0.443 e. The Labute approximate surface area is 190 Å². The first kappa shape index (κ1) is 27.1. The Balaban J connectivity index is 3.02. The fourth-order valence-corrected chi connectivity index (χ4v) is 2.91. The van der Waals surface area contributed by atoms with Gasteiger partial charge in [-0.05, 0) is 53.0 Å². The number of hydrogen-bond donors (Lipinski definition) is 3. The van der Waals surface area contributed by atoms with Crippen molar-refractivity contribution in [1.82, 2.24) is 15.5 Å². The monoisotopic (exact) mass is 448 g/mol. The van der Waals surface area contributed by atoms with Crippen LogP contribution in [0, 0.1) is 0 Å². The number of carbonyl (C=O) groups is 3. The maximum atomic E-state index is 12.6. The summed E-state index contributed by atoms with van der Waals surface area (Å²) in [6, 6.07) is 8.76. The highest BCUT2D eigenvalue weighted by atomic mass is 16.6. The highest BCUT2D eigenvalue weighted by Gasteiger charge is 2.29. The number of ether oxygens (including phenoxy) is 1. The van der Waals surface area contributed by atoms with E-state index < -0.39 is 29.6 Å². The van der Waals surface area contributed by atoms with E-state index in [1.807, 2.05) is 44.2 Å². The molecule has 32 heavy (non-hydrogen) atoms. The highest BCUT2D eigenvalue weighted by Crippen LogP contribution is 2.15. The third-order valence-corrected chi connectivity index (χ3v) is 4.52. The predicted octanol–water partition coefficient (Wildman–Crippen LogP) is 2.79. The van der Waals surface area contributed by atoms with Crippen LogP contribution in [0.25, 0.3) is 0 Å². The number of amides is 3. The summed E-state index contributed by atoms with van der Waals surface area (Å²) in [4.78, 5) is 36.1. The molecule has 178 valence electrons. The summed E-state index contributed by atoms with van der Waals surface area (Å²) in [5.74, 6) is -1.50. The highest BCUT2D eigenvalue weighted by molar-refractivity contribution is 5.97. The summed E-state index contributed by atoms with van der Waals surface area (Å²) in [6.07, 6.45) is -0.0149. The van der Waals surface area contributed by atoms with Crippen LogP contribution in [-0.2, 0) is 20.7 Å². The van der Waals surface area contributed by atoms with Gasteiger partial charge in [0, 0.05) is 18.2 Å². The summed E-state index contributed by atoms with van der Waals surface area (Å²) in [7, 11) is 0. The van der Waals surface area contributed by atoms with Crippen molar-refractivity contribution in [2.24, 2.45) is 5.73 Å². The number of benzene rings is 1. The van der Waals surface area contributed by atoms with Gasteiger partial charge in [0.1, 0.15) is 5.60 Å². The number of aryl methyl sites for hydroxylation is 1. The molecule has 0 aliphatic heterocycles. The molecule has 1 rings (SSSR count). The van der Waals surface area contributed by atoms with Gasteiger partial charge in [-0.3, -0.25) is 20.2 Å². The topological polar surface area (TPSA) is 125 Å². The van der Waals surface area contributed by atoms with E-state index in [9.17, 15) is 19.6 Å². The van der Waals surface area contributed by atoms with Gasteiger partial charge < -0.3 is 10.5 Å². The zero-order valence-corrected chi connectivity index (χ0v) is 19.6. The van der Waals surface area contributed by atoms with Gasteiger partial charge >= 0.3 is 6.09 Å². The van der Waals surface area contributed by atoms with Gasteiger partial charge in [-0.1, -0.05) is 36.9 Å². The second-order valence-electron chi connectivity index (χ2n) is 8.93. The van der Waals surface area contributed by atoms with Gasteiger partial charge in [0.15, 0.2) is 0 Å². The lowest BCUT2D eigenvalue weighted by molar-refractivity contribution is -0.174. The predicted molar refractivity (Wildman–Crippen MR) is 121 cm³/mol. The fraction of sp³-hybridized carbons (Fsp3) is 0.522. The summed E-state index contributed by atoms with van der Waals surface area (Å²) in [5, 5.41) is 12.9. The number of nitrogens with one attached hydrogen (secondary N) is 1. The summed E-state index contributed by atoms with van der Waals surface area (Å²) >= 11 is 0. The van der Waals surface area contributed by atoms with E-state index >= 15 is 0 Å². The Kier molecular flexibility index (Phi) is 10.3. The Bertz CT molecular complexity index is 789. The van der Waals surface area contributed by atoms with Crippen molar-refractivity contribution in [2.45, 2.75) is 71.6 Å². The van der Waals surface area contributed by atoms with E-state index in [-0.39, 0.29) is 24.6 Å². The quantitative estimate of drug-likeness (QED) is 0.272. The van der Waals surface area contributed by atoms with Crippen molar-refractivity contribution in [1.29, 1.82) is 0 Å². The normalized spacial score (nSPS) is 12.4. The maximum Gasteiger partial charge on any atom is 0.422 e. The molecule has 1 atom stereocenters. The number of hydrogen-bond acceptors (Lipinski definition) is 6. The third-order valence-electron chi connectivity index (χ3n) is 4.52. The van der Waals surface area contributed by atoms with Crippen molar-refractivity contribution >= 4 is 17.9 Å². The van der Waals surface area contributed by atoms with Crippen LogP contribution in [0.5, 0.6) is 0 Å². The van der Waals surface area contributed by atoms with E-state index in [0.717, 1.165) is 5.56 Å². The average Bonchev–Trinajstić information content (AvgIpc) is 2.67. The Morgan fingerprint density at radius 3 is 2.28 bits per heavy atom. The lowest BCUT2D eigenvalue weighted by Gasteiger charge is -2.34. The summed E-state index contributed by atoms with van der Waals surface area (Å²) < 4.78 is 5.32. The number of rotatable bonds is 11. The number of hydrazine groups is 1. The van der Waals surface area contributed by atoms with E-state index in [4.69, 9.17) is 10.5 Å².